The Morgan fingerprint density at radius 2 is 2.16 bits per heavy atom. The fourth-order valence-electron chi connectivity index (χ4n) is 1.58. The third-order valence-electron chi connectivity index (χ3n) is 2.93. The van der Waals surface area contributed by atoms with Gasteiger partial charge >= 0.3 is 0 Å². The lowest BCUT2D eigenvalue weighted by molar-refractivity contribution is -0.133. The molecule has 0 aliphatic carbocycles. The Bertz CT molecular complexity index is 465. The molecule has 1 aromatic carbocycles. The molecular formula is C13H18ClN3O2. The molecule has 1 atom stereocenters. The van der Waals surface area contributed by atoms with Crippen molar-refractivity contribution in [3.05, 3.63) is 34.9 Å². The lowest BCUT2D eigenvalue weighted by Crippen LogP contribution is -2.41. The minimum Gasteiger partial charge on any atom is -0.346 e. The molecule has 0 saturated heterocycles. The summed E-state index contributed by atoms with van der Waals surface area (Å²) in [6.07, 6.45) is 0. The third-order valence-corrected chi connectivity index (χ3v) is 3.16. The molecule has 6 heteroatoms. The zero-order valence-corrected chi connectivity index (χ0v) is 11.8. The molecule has 0 aromatic heterocycles. The van der Waals surface area contributed by atoms with Crippen LogP contribution in [0.25, 0.3) is 0 Å². The van der Waals surface area contributed by atoms with Crippen molar-refractivity contribution >= 4 is 23.4 Å². The van der Waals surface area contributed by atoms with Crippen LogP contribution in [0.5, 0.6) is 0 Å². The van der Waals surface area contributed by atoms with Gasteiger partial charge < -0.3 is 16.0 Å². The van der Waals surface area contributed by atoms with Crippen LogP contribution in [-0.2, 0) is 9.59 Å². The second-order valence-corrected chi connectivity index (χ2v) is 4.65. The highest BCUT2D eigenvalue weighted by Crippen LogP contribution is 2.21. The van der Waals surface area contributed by atoms with Gasteiger partial charge in [-0.2, -0.15) is 0 Å². The highest BCUT2D eigenvalue weighted by atomic mass is 35.5. The number of hydrogen-bond donors (Lipinski definition) is 2. The number of likely N-dealkylation sites (N-methyl/N-ethyl adjacent to an activating group) is 1. The molecule has 19 heavy (non-hydrogen) atoms. The number of nitrogens with one attached hydrogen (secondary N) is 1. The molecule has 0 aliphatic heterocycles. The number of carbonyl (C=O) groups excluding carboxylic acids is 2. The predicted molar refractivity (Wildman–Crippen MR) is 74.7 cm³/mol. The van der Waals surface area contributed by atoms with Crippen molar-refractivity contribution in [2.75, 3.05) is 20.1 Å². The molecule has 0 aliphatic rings. The SMILES string of the molecule is CC(c1cccc(Cl)c1)N(C)C(=O)CNC(=O)CN. The summed E-state index contributed by atoms with van der Waals surface area (Å²) in [5.74, 6) is -0.536. The van der Waals surface area contributed by atoms with Gasteiger partial charge in [-0.15, -0.1) is 0 Å². The monoisotopic (exact) mass is 283 g/mol. The smallest absolute Gasteiger partial charge is 0.242 e. The van der Waals surface area contributed by atoms with Crippen LogP contribution in [-0.4, -0.2) is 36.9 Å². The number of rotatable bonds is 5. The molecule has 1 rings (SSSR count). The Kier molecular flexibility index (Phi) is 5.79. The Morgan fingerprint density at radius 1 is 1.47 bits per heavy atom. The van der Waals surface area contributed by atoms with Crippen molar-refractivity contribution in [1.82, 2.24) is 10.2 Å². The van der Waals surface area contributed by atoms with Gasteiger partial charge in [0.2, 0.25) is 11.8 Å². The van der Waals surface area contributed by atoms with E-state index in [1.807, 2.05) is 25.1 Å². The topological polar surface area (TPSA) is 75.4 Å². The summed E-state index contributed by atoms with van der Waals surface area (Å²) in [5, 5.41) is 3.08. The molecule has 0 spiro atoms. The lowest BCUT2D eigenvalue weighted by Gasteiger charge is -2.25. The van der Waals surface area contributed by atoms with Crippen LogP contribution in [0, 0.1) is 0 Å². The molecule has 0 heterocycles. The number of carbonyl (C=O) groups is 2. The summed E-state index contributed by atoms with van der Waals surface area (Å²) in [5.41, 5.74) is 6.09. The van der Waals surface area contributed by atoms with E-state index in [0.29, 0.717) is 5.02 Å². The van der Waals surface area contributed by atoms with Gasteiger partial charge in [0.1, 0.15) is 0 Å². The first-order valence-corrected chi connectivity index (χ1v) is 6.31. The van der Waals surface area contributed by atoms with Gasteiger partial charge in [-0.05, 0) is 24.6 Å². The number of benzene rings is 1. The van der Waals surface area contributed by atoms with Crippen molar-refractivity contribution in [3.8, 4) is 0 Å². The van der Waals surface area contributed by atoms with Gasteiger partial charge in [-0.25, -0.2) is 0 Å². The van der Waals surface area contributed by atoms with E-state index < -0.39 is 0 Å². The van der Waals surface area contributed by atoms with E-state index in [9.17, 15) is 9.59 Å². The molecular weight excluding hydrogens is 266 g/mol. The third kappa shape index (κ3) is 4.54. The van der Waals surface area contributed by atoms with Gasteiger partial charge in [0.05, 0.1) is 19.1 Å². The van der Waals surface area contributed by atoms with Crippen LogP contribution in [0.1, 0.15) is 18.5 Å². The molecule has 1 aromatic rings. The van der Waals surface area contributed by atoms with Crippen LogP contribution in [0.15, 0.2) is 24.3 Å². The lowest BCUT2D eigenvalue weighted by atomic mass is 10.1. The van der Waals surface area contributed by atoms with Crippen LogP contribution in [0.2, 0.25) is 5.02 Å². The Balaban J connectivity index is 2.63. The van der Waals surface area contributed by atoms with Crippen LogP contribution >= 0.6 is 11.6 Å². The fourth-order valence-corrected chi connectivity index (χ4v) is 1.78. The highest BCUT2D eigenvalue weighted by molar-refractivity contribution is 6.30. The van der Waals surface area contributed by atoms with E-state index >= 15 is 0 Å². The van der Waals surface area contributed by atoms with Crippen LogP contribution < -0.4 is 11.1 Å². The molecule has 0 radical (unpaired) electrons. The molecule has 0 saturated carbocycles. The molecule has 0 bridgehead atoms. The minimum atomic E-state index is -0.350. The van der Waals surface area contributed by atoms with Crippen LogP contribution in [0.3, 0.4) is 0 Å². The van der Waals surface area contributed by atoms with E-state index in [-0.39, 0.29) is 30.9 Å². The average molecular weight is 284 g/mol. The van der Waals surface area contributed by atoms with Crippen molar-refractivity contribution in [1.29, 1.82) is 0 Å². The van der Waals surface area contributed by atoms with Gasteiger partial charge in [0.15, 0.2) is 0 Å². The first-order valence-electron chi connectivity index (χ1n) is 5.93. The molecule has 5 nitrogen and oxygen atoms in total. The van der Waals surface area contributed by atoms with E-state index in [1.54, 1.807) is 18.0 Å². The number of halogens is 1. The second kappa shape index (κ2) is 7.11. The summed E-state index contributed by atoms with van der Waals surface area (Å²) < 4.78 is 0. The maximum absolute atomic E-state index is 11.9. The van der Waals surface area contributed by atoms with E-state index in [0.717, 1.165) is 5.56 Å². The number of hydrogen-bond acceptors (Lipinski definition) is 3. The summed E-state index contributed by atoms with van der Waals surface area (Å²) in [6, 6.07) is 7.21. The van der Waals surface area contributed by atoms with Crippen LogP contribution in [0.4, 0.5) is 0 Å². The van der Waals surface area contributed by atoms with Crippen molar-refractivity contribution in [3.63, 3.8) is 0 Å². The fraction of sp³-hybridized carbons (Fsp3) is 0.385. The van der Waals surface area contributed by atoms with Gasteiger partial charge in [0, 0.05) is 12.1 Å². The Hall–Kier alpha value is -1.59. The maximum atomic E-state index is 11.9. The predicted octanol–water partition coefficient (Wildman–Crippen LogP) is 0.934. The molecule has 0 fully saturated rings. The summed E-state index contributed by atoms with van der Waals surface area (Å²) >= 11 is 5.92. The number of nitrogens with two attached hydrogens (primary N) is 1. The normalized spacial score (nSPS) is 11.8. The minimum absolute atomic E-state index is 0.0581. The van der Waals surface area contributed by atoms with E-state index in [4.69, 9.17) is 17.3 Å². The Labute approximate surface area is 117 Å². The zero-order valence-electron chi connectivity index (χ0n) is 11.0. The first-order chi connectivity index (χ1) is 8.95. The average Bonchev–Trinajstić information content (AvgIpc) is 2.42. The van der Waals surface area contributed by atoms with Gasteiger partial charge in [-0.1, -0.05) is 23.7 Å². The summed E-state index contributed by atoms with van der Waals surface area (Å²) in [7, 11) is 1.68. The maximum Gasteiger partial charge on any atom is 0.242 e. The van der Waals surface area contributed by atoms with Crippen molar-refractivity contribution < 1.29 is 9.59 Å². The van der Waals surface area contributed by atoms with Crippen molar-refractivity contribution in [2.45, 2.75) is 13.0 Å². The van der Waals surface area contributed by atoms with E-state index in [1.165, 1.54) is 0 Å². The zero-order chi connectivity index (χ0) is 14.4. The number of amides is 2. The summed E-state index contributed by atoms with van der Waals surface area (Å²) in [6.45, 7) is 1.71. The summed E-state index contributed by atoms with van der Waals surface area (Å²) in [4.78, 5) is 24.5. The first kappa shape index (κ1) is 15.5. The molecule has 3 N–H and O–H groups in total. The number of nitrogens with zero attached hydrogens (tertiary/aromatic N) is 1. The standard InChI is InChI=1S/C13H18ClN3O2/c1-9(10-4-3-5-11(14)6-10)17(2)13(19)8-16-12(18)7-15/h3-6,9H,7-8,15H2,1-2H3,(H,16,18). The Morgan fingerprint density at radius 3 is 2.74 bits per heavy atom. The van der Waals surface area contributed by atoms with Crippen molar-refractivity contribution in [2.24, 2.45) is 5.73 Å². The largest absolute Gasteiger partial charge is 0.346 e. The second-order valence-electron chi connectivity index (χ2n) is 4.22. The van der Waals surface area contributed by atoms with Gasteiger partial charge in [0.25, 0.3) is 0 Å². The van der Waals surface area contributed by atoms with Gasteiger partial charge in [-0.3, -0.25) is 9.59 Å². The quantitative estimate of drug-likeness (QED) is 0.844. The highest BCUT2D eigenvalue weighted by Gasteiger charge is 2.17. The molecule has 2 amide bonds. The molecule has 104 valence electrons. The van der Waals surface area contributed by atoms with E-state index in [2.05, 4.69) is 5.32 Å². The molecule has 1 unspecified atom stereocenters.